The Morgan fingerprint density at radius 3 is 2.83 bits per heavy atom. The van der Waals surface area contributed by atoms with E-state index in [2.05, 4.69) is 42.2 Å². The molecule has 1 saturated heterocycles. The number of H-pyrrole nitrogens is 1. The summed E-state index contributed by atoms with van der Waals surface area (Å²) in [7, 11) is 2.14. The zero-order valence-electron chi connectivity index (χ0n) is 13.5. The topological polar surface area (TPSA) is 109 Å². The van der Waals surface area contributed by atoms with Gasteiger partial charge in [-0.15, -0.1) is 0 Å². The molecule has 0 unspecified atom stereocenters. The molecular formula is C16H20N8. The predicted molar refractivity (Wildman–Crippen MR) is 93.5 cm³/mol. The molecule has 8 heteroatoms. The van der Waals surface area contributed by atoms with E-state index >= 15 is 0 Å². The molecule has 4 heterocycles. The molecule has 4 N–H and O–H groups in total. The minimum absolute atomic E-state index is 0.391. The van der Waals surface area contributed by atoms with Crippen LogP contribution in [0.15, 0.2) is 24.7 Å². The summed E-state index contributed by atoms with van der Waals surface area (Å²) in [6, 6.07) is 2.27. The molecule has 0 aliphatic carbocycles. The van der Waals surface area contributed by atoms with E-state index in [1.807, 2.05) is 12.3 Å². The third kappa shape index (κ3) is 2.88. The number of hydrogen-bond donors (Lipinski definition) is 3. The Morgan fingerprint density at radius 2 is 2.04 bits per heavy atom. The molecule has 24 heavy (non-hydrogen) atoms. The summed E-state index contributed by atoms with van der Waals surface area (Å²) in [6.45, 7) is 2.16. The molecule has 0 aromatic carbocycles. The number of likely N-dealkylation sites (tertiary alicyclic amines) is 1. The van der Waals surface area contributed by atoms with Gasteiger partial charge in [-0.05, 0) is 39.0 Å². The van der Waals surface area contributed by atoms with E-state index in [9.17, 15) is 0 Å². The molecule has 0 radical (unpaired) electrons. The van der Waals surface area contributed by atoms with Crippen LogP contribution in [0.4, 0.5) is 11.8 Å². The van der Waals surface area contributed by atoms with Crippen molar-refractivity contribution in [1.29, 1.82) is 0 Å². The van der Waals surface area contributed by atoms with Crippen molar-refractivity contribution in [3.63, 3.8) is 0 Å². The van der Waals surface area contributed by atoms with Crippen molar-refractivity contribution in [3.05, 3.63) is 24.7 Å². The molecule has 124 valence electrons. The molecule has 0 saturated carbocycles. The quantitative estimate of drug-likeness (QED) is 0.670. The van der Waals surface area contributed by atoms with Gasteiger partial charge in [0.05, 0.1) is 17.5 Å². The third-order valence-electron chi connectivity index (χ3n) is 4.41. The number of hydrogen-bond acceptors (Lipinski definition) is 7. The van der Waals surface area contributed by atoms with Gasteiger partial charge in [0.1, 0.15) is 11.3 Å². The lowest BCUT2D eigenvalue weighted by molar-refractivity contribution is 0.263. The zero-order valence-corrected chi connectivity index (χ0v) is 13.5. The highest BCUT2D eigenvalue weighted by Crippen LogP contribution is 2.24. The van der Waals surface area contributed by atoms with Crippen LogP contribution in [-0.4, -0.2) is 56.0 Å². The van der Waals surface area contributed by atoms with Gasteiger partial charge in [-0.1, -0.05) is 0 Å². The molecule has 1 aliphatic heterocycles. The van der Waals surface area contributed by atoms with Crippen LogP contribution < -0.4 is 11.1 Å². The van der Waals surface area contributed by atoms with Gasteiger partial charge in [-0.25, -0.2) is 15.0 Å². The third-order valence-corrected chi connectivity index (χ3v) is 4.41. The smallest absolute Gasteiger partial charge is 0.224 e. The van der Waals surface area contributed by atoms with E-state index in [1.54, 1.807) is 12.4 Å². The first kappa shape index (κ1) is 14.8. The summed E-state index contributed by atoms with van der Waals surface area (Å²) in [5.74, 6) is 0.978. The molecule has 0 atom stereocenters. The van der Waals surface area contributed by atoms with Crippen molar-refractivity contribution in [1.82, 2.24) is 29.8 Å². The monoisotopic (exact) mass is 324 g/mol. The maximum Gasteiger partial charge on any atom is 0.224 e. The Hall–Kier alpha value is -2.74. The van der Waals surface area contributed by atoms with Crippen LogP contribution in [0.25, 0.3) is 22.4 Å². The van der Waals surface area contributed by atoms with Crippen LogP contribution in [0.1, 0.15) is 12.8 Å². The highest BCUT2D eigenvalue weighted by Gasteiger charge is 2.18. The van der Waals surface area contributed by atoms with Gasteiger partial charge in [0.2, 0.25) is 5.95 Å². The Balaban J connectivity index is 1.55. The molecule has 0 bridgehead atoms. The maximum atomic E-state index is 6.13. The van der Waals surface area contributed by atoms with Crippen molar-refractivity contribution < 1.29 is 0 Å². The second-order valence-electron chi connectivity index (χ2n) is 6.18. The fourth-order valence-electron chi connectivity index (χ4n) is 2.96. The van der Waals surface area contributed by atoms with Gasteiger partial charge in [0.25, 0.3) is 0 Å². The van der Waals surface area contributed by atoms with E-state index in [0.29, 0.717) is 29.1 Å². The van der Waals surface area contributed by atoms with E-state index < -0.39 is 0 Å². The summed E-state index contributed by atoms with van der Waals surface area (Å²) >= 11 is 0. The summed E-state index contributed by atoms with van der Waals surface area (Å²) < 4.78 is 0. The number of piperidine rings is 1. The highest BCUT2D eigenvalue weighted by molar-refractivity contribution is 5.77. The second-order valence-corrected chi connectivity index (χ2v) is 6.18. The first-order chi connectivity index (χ1) is 11.7. The molecule has 0 spiro atoms. The fraction of sp³-hybridized carbons (Fsp3) is 0.375. The SMILES string of the molecule is CN1CCC(Nc2ncc(-c3cnc4[nH]ccc4n3)c(N)n2)CC1. The largest absolute Gasteiger partial charge is 0.383 e. The lowest BCUT2D eigenvalue weighted by Gasteiger charge is -2.29. The second kappa shape index (κ2) is 6.04. The number of nitrogens with two attached hydrogens (primary N) is 1. The van der Waals surface area contributed by atoms with Crippen LogP contribution in [-0.2, 0) is 0 Å². The summed E-state index contributed by atoms with van der Waals surface area (Å²) in [5.41, 5.74) is 9.03. The minimum Gasteiger partial charge on any atom is -0.383 e. The number of aromatic nitrogens is 5. The van der Waals surface area contributed by atoms with Crippen molar-refractivity contribution in [2.24, 2.45) is 0 Å². The number of anilines is 2. The minimum atomic E-state index is 0.391. The predicted octanol–water partition coefficient (Wildman–Crippen LogP) is 1.50. The van der Waals surface area contributed by atoms with Gasteiger partial charge in [-0.2, -0.15) is 4.98 Å². The molecule has 0 amide bonds. The van der Waals surface area contributed by atoms with Crippen molar-refractivity contribution in [2.75, 3.05) is 31.2 Å². The van der Waals surface area contributed by atoms with E-state index in [4.69, 9.17) is 5.73 Å². The van der Waals surface area contributed by atoms with Crippen molar-refractivity contribution >= 4 is 22.9 Å². The van der Waals surface area contributed by atoms with Gasteiger partial charge < -0.3 is 20.9 Å². The lowest BCUT2D eigenvalue weighted by atomic mass is 10.1. The van der Waals surface area contributed by atoms with Gasteiger partial charge in [-0.3, -0.25) is 0 Å². The standard InChI is InChI=1S/C16H20N8/c1-24-6-3-10(4-7-24)21-16-20-8-11(14(17)23-16)13-9-19-15-12(22-13)2-5-18-15/h2,5,8-10H,3-4,6-7H2,1H3,(H,18,19)(H3,17,20,21,23). The van der Waals surface area contributed by atoms with Gasteiger partial charge in [0, 0.05) is 18.4 Å². The first-order valence-corrected chi connectivity index (χ1v) is 8.07. The number of nitrogen functional groups attached to an aromatic ring is 1. The van der Waals surface area contributed by atoms with Crippen LogP contribution >= 0.6 is 0 Å². The molecular weight excluding hydrogens is 304 g/mol. The molecule has 1 aliphatic rings. The lowest BCUT2D eigenvalue weighted by Crippen LogP contribution is -2.37. The number of fused-ring (bicyclic) bond motifs is 1. The normalized spacial score (nSPS) is 16.5. The average molecular weight is 324 g/mol. The highest BCUT2D eigenvalue weighted by atomic mass is 15.2. The van der Waals surface area contributed by atoms with Crippen LogP contribution in [0.3, 0.4) is 0 Å². The van der Waals surface area contributed by atoms with E-state index in [-0.39, 0.29) is 0 Å². The maximum absolute atomic E-state index is 6.13. The van der Waals surface area contributed by atoms with Crippen LogP contribution in [0.5, 0.6) is 0 Å². The van der Waals surface area contributed by atoms with Crippen molar-refractivity contribution in [2.45, 2.75) is 18.9 Å². The summed E-state index contributed by atoms with van der Waals surface area (Å²) in [5, 5.41) is 3.38. The molecule has 8 nitrogen and oxygen atoms in total. The molecule has 3 aromatic rings. The van der Waals surface area contributed by atoms with Crippen molar-refractivity contribution in [3.8, 4) is 11.3 Å². The van der Waals surface area contributed by atoms with Crippen LogP contribution in [0.2, 0.25) is 0 Å². The van der Waals surface area contributed by atoms with E-state index in [1.165, 1.54) is 0 Å². The first-order valence-electron chi connectivity index (χ1n) is 8.07. The van der Waals surface area contributed by atoms with Crippen LogP contribution in [0, 0.1) is 0 Å². The molecule has 4 rings (SSSR count). The summed E-state index contributed by atoms with van der Waals surface area (Å²) in [4.78, 5) is 23.0. The Morgan fingerprint density at radius 1 is 1.21 bits per heavy atom. The van der Waals surface area contributed by atoms with Gasteiger partial charge in [0.15, 0.2) is 5.65 Å². The van der Waals surface area contributed by atoms with Gasteiger partial charge >= 0.3 is 0 Å². The number of nitrogens with one attached hydrogen (secondary N) is 2. The number of nitrogens with zero attached hydrogens (tertiary/aromatic N) is 5. The Labute approximate surface area is 139 Å². The fourth-order valence-corrected chi connectivity index (χ4v) is 2.96. The number of aromatic amines is 1. The molecule has 1 fully saturated rings. The summed E-state index contributed by atoms with van der Waals surface area (Å²) in [6.07, 6.45) is 7.36. The Bertz CT molecular complexity index is 850. The number of rotatable bonds is 3. The average Bonchev–Trinajstić information content (AvgIpc) is 3.05. The molecule has 3 aromatic heterocycles. The van der Waals surface area contributed by atoms with E-state index in [0.717, 1.165) is 37.1 Å². The zero-order chi connectivity index (χ0) is 16.5. The Kier molecular flexibility index (Phi) is 3.73.